The quantitative estimate of drug-likeness (QED) is 0.638. The average Bonchev–Trinajstić information content (AvgIpc) is 2.74. The van der Waals surface area contributed by atoms with Gasteiger partial charge in [0, 0.05) is 24.8 Å². The van der Waals surface area contributed by atoms with Crippen molar-refractivity contribution in [1.82, 2.24) is 8.61 Å². The van der Waals surface area contributed by atoms with Crippen LogP contribution in [0.15, 0.2) is 58.3 Å². The normalized spacial score (nSPS) is 20.0. The molecule has 1 fully saturated rings. The van der Waals surface area contributed by atoms with Gasteiger partial charge in [-0.3, -0.25) is 4.79 Å². The number of amides is 1. The second-order valence-corrected chi connectivity index (χ2v) is 12.5. The summed E-state index contributed by atoms with van der Waals surface area (Å²) in [4.78, 5) is 12.7. The third-order valence-electron chi connectivity index (χ3n) is 5.92. The highest BCUT2D eigenvalue weighted by Gasteiger charge is 2.35. The van der Waals surface area contributed by atoms with Crippen LogP contribution >= 0.6 is 0 Å². The molecule has 2 aromatic rings. The monoisotopic (exact) mass is 493 g/mol. The summed E-state index contributed by atoms with van der Waals surface area (Å²) in [7, 11) is -6.11. The lowest BCUT2D eigenvalue weighted by Gasteiger charge is -2.37. The van der Waals surface area contributed by atoms with Crippen molar-refractivity contribution >= 4 is 31.6 Å². The molecule has 2 unspecified atom stereocenters. The molecule has 0 radical (unpaired) electrons. The minimum Gasteiger partial charge on any atom is -0.325 e. The van der Waals surface area contributed by atoms with E-state index >= 15 is 0 Å². The smallest absolute Gasteiger partial charge is 0.243 e. The number of likely N-dealkylation sites (N-methyl/N-ethyl adjacent to an activating group) is 1. The Kier molecular flexibility index (Phi) is 7.62. The fourth-order valence-electron chi connectivity index (χ4n) is 4.08. The molecule has 0 aliphatic carbocycles. The van der Waals surface area contributed by atoms with Crippen LogP contribution in [0.4, 0.5) is 5.69 Å². The number of carbonyl (C=O) groups is 1. The van der Waals surface area contributed by atoms with Gasteiger partial charge >= 0.3 is 0 Å². The van der Waals surface area contributed by atoms with Crippen LogP contribution in [0.5, 0.6) is 0 Å². The number of aryl methyl sites for hydroxylation is 1. The molecule has 33 heavy (non-hydrogen) atoms. The van der Waals surface area contributed by atoms with Crippen LogP contribution in [0.1, 0.15) is 38.7 Å². The molecule has 0 aromatic heterocycles. The van der Waals surface area contributed by atoms with E-state index in [2.05, 4.69) is 5.32 Å². The SMILES string of the molecule is Cc1ccc(S(=O)(=O)N(C)CC(=O)Nc2ccc(S(=O)(=O)N3C(C)CCCC3C)cc2)cc1. The number of hydrogen-bond acceptors (Lipinski definition) is 5. The fraction of sp³-hybridized carbons (Fsp3) is 0.435. The van der Waals surface area contributed by atoms with Crippen LogP contribution in [0.2, 0.25) is 0 Å². The number of benzene rings is 2. The van der Waals surface area contributed by atoms with E-state index in [4.69, 9.17) is 0 Å². The van der Waals surface area contributed by atoms with Crippen molar-refractivity contribution in [2.24, 2.45) is 0 Å². The summed E-state index contributed by atoms with van der Waals surface area (Å²) >= 11 is 0. The topological polar surface area (TPSA) is 104 Å². The van der Waals surface area contributed by atoms with Crippen molar-refractivity contribution in [2.75, 3.05) is 18.9 Å². The number of carbonyl (C=O) groups excluding carboxylic acids is 1. The highest BCUT2D eigenvalue weighted by Crippen LogP contribution is 2.30. The molecule has 3 rings (SSSR count). The first-order valence-electron chi connectivity index (χ1n) is 10.9. The van der Waals surface area contributed by atoms with E-state index in [0.29, 0.717) is 5.69 Å². The Labute approximate surface area is 196 Å². The molecule has 0 spiro atoms. The van der Waals surface area contributed by atoms with Crippen molar-refractivity contribution in [3.05, 3.63) is 54.1 Å². The summed E-state index contributed by atoms with van der Waals surface area (Å²) in [5.41, 5.74) is 1.32. The van der Waals surface area contributed by atoms with Gasteiger partial charge in [-0.2, -0.15) is 8.61 Å². The Hall–Kier alpha value is -2.27. The van der Waals surface area contributed by atoms with Gasteiger partial charge < -0.3 is 5.32 Å². The van der Waals surface area contributed by atoms with Gasteiger partial charge in [0.25, 0.3) is 0 Å². The maximum Gasteiger partial charge on any atom is 0.243 e. The summed E-state index contributed by atoms with van der Waals surface area (Å²) in [6, 6.07) is 12.2. The lowest BCUT2D eigenvalue weighted by Crippen LogP contribution is -2.47. The first kappa shape index (κ1) is 25.4. The molecule has 1 amide bonds. The Bertz CT molecular complexity index is 1180. The van der Waals surface area contributed by atoms with E-state index in [1.165, 1.54) is 43.4 Å². The van der Waals surface area contributed by atoms with Gasteiger partial charge in [-0.15, -0.1) is 0 Å². The summed E-state index contributed by atoms with van der Waals surface area (Å²) in [5.74, 6) is -0.526. The number of sulfonamides is 2. The number of nitrogens with one attached hydrogen (secondary N) is 1. The zero-order chi connectivity index (χ0) is 24.4. The van der Waals surface area contributed by atoms with Crippen molar-refractivity contribution in [3.8, 4) is 0 Å². The first-order chi connectivity index (χ1) is 15.4. The van der Waals surface area contributed by atoms with E-state index in [0.717, 1.165) is 29.1 Å². The maximum absolute atomic E-state index is 13.1. The Morgan fingerprint density at radius 2 is 1.45 bits per heavy atom. The van der Waals surface area contributed by atoms with Gasteiger partial charge in [0.05, 0.1) is 16.3 Å². The van der Waals surface area contributed by atoms with Gasteiger partial charge in [-0.05, 0) is 70.0 Å². The maximum atomic E-state index is 13.1. The van der Waals surface area contributed by atoms with Crippen LogP contribution < -0.4 is 5.32 Å². The van der Waals surface area contributed by atoms with E-state index in [9.17, 15) is 21.6 Å². The van der Waals surface area contributed by atoms with Gasteiger partial charge in [0.15, 0.2) is 0 Å². The minimum absolute atomic E-state index is 0.0656. The van der Waals surface area contributed by atoms with Crippen LogP contribution in [0, 0.1) is 6.92 Å². The van der Waals surface area contributed by atoms with Crippen molar-refractivity contribution in [1.29, 1.82) is 0 Å². The Balaban J connectivity index is 1.67. The van der Waals surface area contributed by atoms with E-state index in [1.54, 1.807) is 16.4 Å². The van der Waals surface area contributed by atoms with Crippen LogP contribution in [-0.4, -0.2) is 57.0 Å². The summed E-state index contributed by atoms with van der Waals surface area (Å²) in [6.07, 6.45) is 2.67. The molecule has 180 valence electrons. The Morgan fingerprint density at radius 1 is 0.939 bits per heavy atom. The molecule has 1 saturated heterocycles. The lowest BCUT2D eigenvalue weighted by atomic mass is 10.0. The molecular formula is C23H31N3O5S2. The van der Waals surface area contributed by atoms with Crippen LogP contribution in [0.3, 0.4) is 0 Å². The minimum atomic E-state index is -3.80. The van der Waals surface area contributed by atoms with Crippen molar-refractivity contribution < 1.29 is 21.6 Å². The van der Waals surface area contributed by atoms with E-state index < -0.39 is 26.0 Å². The van der Waals surface area contributed by atoms with Crippen LogP contribution in [0.25, 0.3) is 0 Å². The molecule has 2 aromatic carbocycles. The molecule has 8 nitrogen and oxygen atoms in total. The van der Waals surface area contributed by atoms with E-state index in [1.807, 2.05) is 20.8 Å². The Morgan fingerprint density at radius 3 is 2.00 bits per heavy atom. The predicted molar refractivity (Wildman–Crippen MR) is 128 cm³/mol. The number of anilines is 1. The molecule has 1 aliphatic rings. The summed E-state index contributed by atoms with van der Waals surface area (Å²) in [5, 5.41) is 2.63. The van der Waals surface area contributed by atoms with Gasteiger partial charge in [-0.25, -0.2) is 16.8 Å². The largest absolute Gasteiger partial charge is 0.325 e. The molecule has 0 saturated carbocycles. The van der Waals surface area contributed by atoms with Gasteiger partial charge in [0.1, 0.15) is 0 Å². The molecule has 2 atom stereocenters. The highest BCUT2D eigenvalue weighted by atomic mass is 32.2. The van der Waals surface area contributed by atoms with Gasteiger partial charge in [0.2, 0.25) is 26.0 Å². The fourth-order valence-corrected chi connectivity index (χ4v) is 7.09. The molecule has 1 N–H and O–H groups in total. The molecule has 0 bridgehead atoms. The second-order valence-electron chi connectivity index (χ2n) is 8.61. The first-order valence-corrected chi connectivity index (χ1v) is 13.8. The van der Waals surface area contributed by atoms with Crippen molar-refractivity contribution in [2.45, 2.75) is 61.9 Å². The number of piperidine rings is 1. The predicted octanol–water partition coefficient (Wildman–Crippen LogP) is 3.21. The summed E-state index contributed by atoms with van der Waals surface area (Å²) < 4.78 is 54.1. The molecule has 10 heteroatoms. The summed E-state index contributed by atoms with van der Waals surface area (Å²) in [6.45, 7) is 5.32. The van der Waals surface area contributed by atoms with Gasteiger partial charge in [-0.1, -0.05) is 24.1 Å². The zero-order valence-electron chi connectivity index (χ0n) is 19.4. The third kappa shape index (κ3) is 5.63. The number of rotatable bonds is 7. The molecule has 1 aliphatic heterocycles. The number of nitrogens with zero attached hydrogens (tertiary/aromatic N) is 2. The number of hydrogen-bond donors (Lipinski definition) is 1. The molecular weight excluding hydrogens is 462 g/mol. The standard InChI is InChI=1S/C23H31N3O5S2/c1-17-8-12-21(13-9-17)32(28,29)25(4)16-23(27)24-20-10-14-22(15-11-20)33(30,31)26-18(2)6-5-7-19(26)3/h8-15,18-19H,5-7,16H2,1-4H3,(H,24,27). The van der Waals surface area contributed by atoms with Crippen molar-refractivity contribution in [3.63, 3.8) is 0 Å². The average molecular weight is 494 g/mol. The molecule has 1 heterocycles. The van der Waals surface area contributed by atoms with E-state index in [-0.39, 0.29) is 28.4 Å². The second kappa shape index (κ2) is 9.92. The third-order valence-corrected chi connectivity index (χ3v) is 9.88. The zero-order valence-corrected chi connectivity index (χ0v) is 21.0. The highest BCUT2D eigenvalue weighted by molar-refractivity contribution is 7.89. The lowest BCUT2D eigenvalue weighted by molar-refractivity contribution is -0.116. The van der Waals surface area contributed by atoms with Crippen LogP contribution in [-0.2, 0) is 24.8 Å².